The smallest absolute Gasteiger partial charge is 0.193 e. The van der Waals surface area contributed by atoms with Crippen molar-refractivity contribution in [1.82, 2.24) is 0 Å². The van der Waals surface area contributed by atoms with Gasteiger partial charge in [0.1, 0.15) is 0 Å². The molecule has 0 aliphatic heterocycles. The summed E-state index contributed by atoms with van der Waals surface area (Å²) in [6, 6.07) is 24.3. The van der Waals surface area contributed by atoms with Gasteiger partial charge in [-0.1, -0.05) is 72.3 Å². The van der Waals surface area contributed by atoms with Crippen molar-refractivity contribution in [3.05, 3.63) is 106 Å². The van der Waals surface area contributed by atoms with Gasteiger partial charge >= 0.3 is 0 Å². The SMILES string of the molecule is Cc1ccc(C)c(C(=O)c2ccc(Cc3ccccc3)cc2)c1. The number of benzene rings is 3. The molecular formula is C22H20O. The molecule has 0 saturated heterocycles. The summed E-state index contributed by atoms with van der Waals surface area (Å²) in [5, 5.41) is 0. The second kappa shape index (κ2) is 6.62. The van der Waals surface area contributed by atoms with Crippen molar-refractivity contribution >= 4 is 5.78 Å². The average Bonchev–Trinajstić information content (AvgIpc) is 2.58. The highest BCUT2D eigenvalue weighted by atomic mass is 16.1. The quantitative estimate of drug-likeness (QED) is 0.611. The van der Waals surface area contributed by atoms with Gasteiger partial charge < -0.3 is 0 Å². The molecule has 0 aromatic heterocycles. The first-order valence-corrected chi connectivity index (χ1v) is 7.88. The van der Waals surface area contributed by atoms with Gasteiger partial charge in [-0.2, -0.15) is 0 Å². The van der Waals surface area contributed by atoms with E-state index in [1.165, 1.54) is 11.1 Å². The number of ketones is 1. The summed E-state index contributed by atoms with van der Waals surface area (Å²) < 4.78 is 0. The van der Waals surface area contributed by atoms with Gasteiger partial charge in [0.2, 0.25) is 0 Å². The standard InChI is InChI=1S/C22H20O/c1-16-8-9-17(2)21(14-16)22(23)20-12-10-19(11-13-20)15-18-6-4-3-5-7-18/h3-14H,15H2,1-2H3. The monoisotopic (exact) mass is 300 g/mol. The molecule has 0 fully saturated rings. The molecular weight excluding hydrogens is 280 g/mol. The van der Waals surface area contributed by atoms with Crippen LogP contribution in [0.5, 0.6) is 0 Å². The highest BCUT2D eigenvalue weighted by Gasteiger charge is 2.11. The van der Waals surface area contributed by atoms with Crippen LogP contribution >= 0.6 is 0 Å². The van der Waals surface area contributed by atoms with Crippen molar-refractivity contribution < 1.29 is 4.79 Å². The Labute approximate surface area is 137 Å². The first-order chi connectivity index (χ1) is 11.1. The zero-order chi connectivity index (χ0) is 16.2. The third-order valence-electron chi connectivity index (χ3n) is 4.10. The van der Waals surface area contributed by atoms with Crippen molar-refractivity contribution in [2.24, 2.45) is 0 Å². The molecule has 0 N–H and O–H groups in total. The fourth-order valence-electron chi connectivity index (χ4n) is 2.74. The van der Waals surface area contributed by atoms with Crippen LogP contribution in [-0.4, -0.2) is 5.78 Å². The molecule has 0 aliphatic rings. The number of carbonyl (C=O) groups is 1. The van der Waals surface area contributed by atoms with Crippen LogP contribution in [0.25, 0.3) is 0 Å². The Balaban J connectivity index is 1.82. The van der Waals surface area contributed by atoms with Crippen LogP contribution in [-0.2, 0) is 6.42 Å². The molecule has 0 saturated carbocycles. The zero-order valence-corrected chi connectivity index (χ0v) is 13.5. The third-order valence-corrected chi connectivity index (χ3v) is 4.10. The van der Waals surface area contributed by atoms with Crippen molar-refractivity contribution in [2.45, 2.75) is 20.3 Å². The van der Waals surface area contributed by atoms with Gasteiger partial charge in [0.05, 0.1) is 0 Å². The second-order valence-electron chi connectivity index (χ2n) is 6.01. The van der Waals surface area contributed by atoms with Crippen LogP contribution in [0.4, 0.5) is 0 Å². The van der Waals surface area contributed by atoms with Gasteiger partial charge in [0, 0.05) is 11.1 Å². The lowest BCUT2D eigenvalue weighted by Gasteiger charge is -2.08. The Morgan fingerprint density at radius 2 is 1.43 bits per heavy atom. The maximum atomic E-state index is 12.7. The Kier molecular flexibility index (Phi) is 4.38. The molecule has 0 aliphatic carbocycles. The highest BCUT2D eigenvalue weighted by Crippen LogP contribution is 2.17. The Morgan fingerprint density at radius 3 is 2.13 bits per heavy atom. The van der Waals surface area contributed by atoms with E-state index in [2.05, 4.69) is 12.1 Å². The summed E-state index contributed by atoms with van der Waals surface area (Å²) >= 11 is 0. The number of carbonyl (C=O) groups excluding carboxylic acids is 1. The molecule has 0 amide bonds. The lowest BCUT2D eigenvalue weighted by Crippen LogP contribution is -2.04. The first kappa shape index (κ1) is 15.2. The number of rotatable bonds is 4. The number of hydrogen-bond acceptors (Lipinski definition) is 1. The molecule has 3 aromatic carbocycles. The summed E-state index contributed by atoms with van der Waals surface area (Å²) in [4.78, 5) is 12.7. The van der Waals surface area contributed by atoms with Crippen LogP contribution in [0.3, 0.4) is 0 Å². The van der Waals surface area contributed by atoms with E-state index in [9.17, 15) is 4.79 Å². The van der Waals surface area contributed by atoms with Crippen LogP contribution < -0.4 is 0 Å². The van der Waals surface area contributed by atoms with Gasteiger partial charge in [-0.3, -0.25) is 4.79 Å². The molecule has 114 valence electrons. The minimum atomic E-state index is 0.0949. The molecule has 1 heteroatoms. The third kappa shape index (κ3) is 3.57. The zero-order valence-electron chi connectivity index (χ0n) is 13.5. The van der Waals surface area contributed by atoms with E-state index >= 15 is 0 Å². The van der Waals surface area contributed by atoms with Crippen LogP contribution in [0.1, 0.15) is 38.2 Å². The molecule has 23 heavy (non-hydrogen) atoms. The summed E-state index contributed by atoms with van der Waals surface area (Å²) in [7, 11) is 0. The van der Waals surface area contributed by atoms with Crippen LogP contribution in [0, 0.1) is 13.8 Å². The summed E-state index contributed by atoms with van der Waals surface area (Å²) in [5.74, 6) is 0.0949. The van der Waals surface area contributed by atoms with E-state index in [1.807, 2.05) is 74.5 Å². The van der Waals surface area contributed by atoms with Crippen LogP contribution in [0.2, 0.25) is 0 Å². The fraction of sp³-hybridized carbons (Fsp3) is 0.136. The molecule has 0 spiro atoms. The van der Waals surface area contributed by atoms with Crippen LogP contribution in [0.15, 0.2) is 72.8 Å². The van der Waals surface area contributed by atoms with Gasteiger partial charge in [-0.15, -0.1) is 0 Å². The van der Waals surface area contributed by atoms with E-state index in [4.69, 9.17) is 0 Å². The summed E-state index contributed by atoms with van der Waals surface area (Å²) in [6.45, 7) is 4.00. The Hall–Kier alpha value is -2.67. The van der Waals surface area contributed by atoms with E-state index in [0.29, 0.717) is 0 Å². The van der Waals surface area contributed by atoms with Gasteiger partial charge in [-0.25, -0.2) is 0 Å². The lowest BCUT2D eigenvalue weighted by molar-refractivity contribution is 0.103. The molecule has 1 nitrogen and oxygen atoms in total. The number of aryl methyl sites for hydroxylation is 2. The predicted octanol–water partition coefficient (Wildman–Crippen LogP) is 5.13. The molecule has 0 heterocycles. The van der Waals surface area contributed by atoms with E-state index < -0.39 is 0 Å². The maximum absolute atomic E-state index is 12.7. The van der Waals surface area contributed by atoms with E-state index in [0.717, 1.165) is 28.7 Å². The van der Waals surface area contributed by atoms with E-state index in [1.54, 1.807) is 0 Å². The average molecular weight is 300 g/mol. The summed E-state index contributed by atoms with van der Waals surface area (Å²) in [6.07, 6.45) is 0.888. The van der Waals surface area contributed by atoms with E-state index in [-0.39, 0.29) is 5.78 Å². The van der Waals surface area contributed by atoms with Gasteiger partial charge in [-0.05, 0) is 43.0 Å². The summed E-state index contributed by atoms with van der Waals surface area (Å²) in [5.41, 5.74) is 6.17. The van der Waals surface area contributed by atoms with Crippen molar-refractivity contribution in [1.29, 1.82) is 0 Å². The van der Waals surface area contributed by atoms with Gasteiger partial charge in [0.15, 0.2) is 5.78 Å². The Bertz CT molecular complexity index is 814. The number of hydrogen-bond donors (Lipinski definition) is 0. The topological polar surface area (TPSA) is 17.1 Å². The molecule has 0 unspecified atom stereocenters. The lowest BCUT2D eigenvalue weighted by atomic mass is 9.96. The first-order valence-electron chi connectivity index (χ1n) is 7.88. The minimum absolute atomic E-state index is 0.0949. The Morgan fingerprint density at radius 1 is 0.783 bits per heavy atom. The second-order valence-corrected chi connectivity index (χ2v) is 6.01. The molecule has 3 rings (SSSR count). The largest absolute Gasteiger partial charge is 0.289 e. The fourth-order valence-corrected chi connectivity index (χ4v) is 2.74. The van der Waals surface area contributed by atoms with Gasteiger partial charge in [0.25, 0.3) is 0 Å². The predicted molar refractivity (Wildman–Crippen MR) is 95.0 cm³/mol. The molecule has 0 radical (unpaired) electrons. The molecule has 0 bridgehead atoms. The van der Waals surface area contributed by atoms with Crippen molar-refractivity contribution in [3.63, 3.8) is 0 Å². The molecule has 3 aromatic rings. The maximum Gasteiger partial charge on any atom is 0.193 e. The minimum Gasteiger partial charge on any atom is -0.289 e. The van der Waals surface area contributed by atoms with Crippen molar-refractivity contribution in [3.8, 4) is 0 Å². The van der Waals surface area contributed by atoms with Crippen molar-refractivity contribution in [2.75, 3.05) is 0 Å². The highest BCUT2D eigenvalue weighted by molar-refractivity contribution is 6.10. The molecule has 0 atom stereocenters. The normalized spacial score (nSPS) is 10.5.